The SMILES string of the molecule is COc1cccc(C2CNCC3(CCCC3)O2)c1. The lowest BCUT2D eigenvalue weighted by molar-refractivity contribution is -0.114. The maximum absolute atomic E-state index is 6.40. The quantitative estimate of drug-likeness (QED) is 0.871. The molecule has 1 saturated carbocycles. The van der Waals surface area contributed by atoms with Crippen LogP contribution in [0.2, 0.25) is 0 Å². The Hall–Kier alpha value is -1.06. The van der Waals surface area contributed by atoms with Gasteiger partial charge in [0.15, 0.2) is 0 Å². The van der Waals surface area contributed by atoms with E-state index in [0.29, 0.717) is 0 Å². The van der Waals surface area contributed by atoms with Gasteiger partial charge < -0.3 is 14.8 Å². The molecular weight excluding hydrogens is 226 g/mol. The molecule has 18 heavy (non-hydrogen) atoms. The molecule has 0 aromatic heterocycles. The first-order valence-electron chi connectivity index (χ1n) is 6.84. The summed E-state index contributed by atoms with van der Waals surface area (Å²) < 4.78 is 11.7. The fourth-order valence-corrected chi connectivity index (χ4v) is 3.16. The summed E-state index contributed by atoms with van der Waals surface area (Å²) >= 11 is 0. The number of ether oxygens (including phenoxy) is 2. The molecule has 1 N–H and O–H groups in total. The molecule has 1 aliphatic carbocycles. The van der Waals surface area contributed by atoms with Crippen molar-refractivity contribution in [1.29, 1.82) is 0 Å². The molecule has 3 rings (SSSR count). The van der Waals surface area contributed by atoms with Gasteiger partial charge in [-0.15, -0.1) is 0 Å². The van der Waals surface area contributed by atoms with Gasteiger partial charge in [-0.2, -0.15) is 0 Å². The third kappa shape index (κ3) is 2.25. The number of hydrogen-bond acceptors (Lipinski definition) is 3. The zero-order valence-corrected chi connectivity index (χ0v) is 10.9. The molecule has 1 saturated heterocycles. The highest BCUT2D eigenvalue weighted by atomic mass is 16.5. The van der Waals surface area contributed by atoms with E-state index in [1.807, 2.05) is 12.1 Å². The van der Waals surface area contributed by atoms with Crippen LogP contribution in [-0.4, -0.2) is 25.8 Å². The molecule has 3 heteroatoms. The van der Waals surface area contributed by atoms with Crippen molar-refractivity contribution in [2.24, 2.45) is 0 Å². The van der Waals surface area contributed by atoms with Crippen LogP contribution in [0.3, 0.4) is 0 Å². The van der Waals surface area contributed by atoms with Gasteiger partial charge in [0.05, 0.1) is 18.8 Å². The molecule has 0 bridgehead atoms. The lowest BCUT2D eigenvalue weighted by atomic mass is 9.97. The van der Waals surface area contributed by atoms with Crippen molar-refractivity contribution in [1.82, 2.24) is 5.32 Å². The Morgan fingerprint density at radius 3 is 2.94 bits per heavy atom. The molecule has 1 aromatic rings. The van der Waals surface area contributed by atoms with Crippen LogP contribution in [0.4, 0.5) is 0 Å². The van der Waals surface area contributed by atoms with Crippen LogP contribution in [0.15, 0.2) is 24.3 Å². The maximum atomic E-state index is 6.40. The minimum atomic E-state index is 0.0893. The summed E-state index contributed by atoms with van der Waals surface area (Å²) in [6.45, 7) is 1.91. The van der Waals surface area contributed by atoms with Crippen molar-refractivity contribution in [2.75, 3.05) is 20.2 Å². The maximum Gasteiger partial charge on any atom is 0.119 e. The van der Waals surface area contributed by atoms with Crippen molar-refractivity contribution in [3.8, 4) is 5.75 Å². The first kappa shape index (κ1) is 12.0. The highest BCUT2D eigenvalue weighted by Gasteiger charge is 2.40. The summed E-state index contributed by atoms with van der Waals surface area (Å²) in [6, 6.07) is 8.22. The second-order valence-electron chi connectivity index (χ2n) is 5.40. The van der Waals surface area contributed by atoms with E-state index < -0.39 is 0 Å². The van der Waals surface area contributed by atoms with Crippen LogP contribution in [0.5, 0.6) is 5.75 Å². The van der Waals surface area contributed by atoms with Gasteiger partial charge in [0.25, 0.3) is 0 Å². The zero-order valence-electron chi connectivity index (χ0n) is 10.9. The summed E-state index contributed by atoms with van der Waals surface area (Å²) in [4.78, 5) is 0. The molecule has 0 amide bonds. The molecule has 2 fully saturated rings. The number of methoxy groups -OCH3 is 1. The minimum Gasteiger partial charge on any atom is -0.497 e. The first-order valence-corrected chi connectivity index (χ1v) is 6.84. The smallest absolute Gasteiger partial charge is 0.119 e. The van der Waals surface area contributed by atoms with Crippen molar-refractivity contribution in [2.45, 2.75) is 37.4 Å². The van der Waals surface area contributed by atoms with Crippen LogP contribution in [0.25, 0.3) is 0 Å². The number of rotatable bonds is 2. The van der Waals surface area contributed by atoms with Gasteiger partial charge in [0.2, 0.25) is 0 Å². The average Bonchev–Trinajstić information content (AvgIpc) is 2.87. The van der Waals surface area contributed by atoms with Gasteiger partial charge in [-0.1, -0.05) is 25.0 Å². The topological polar surface area (TPSA) is 30.5 Å². The van der Waals surface area contributed by atoms with Crippen molar-refractivity contribution >= 4 is 0 Å². The van der Waals surface area contributed by atoms with E-state index in [0.717, 1.165) is 18.8 Å². The van der Waals surface area contributed by atoms with E-state index in [1.165, 1.54) is 31.2 Å². The number of morpholine rings is 1. The van der Waals surface area contributed by atoms with Gasteiger partial charge in [-0.3, -0.25) is 0 Å². The van der Waals surface area contributed by atoms with Crippen molar-refractivity contribution in [3.05, 3.63) is 29.8 Å². The summed E-state index contributed by atoms with van der Waals surface area (Å²) in [5.41, 5.74) is 1.30. The molecular formula is C15H21NO2. The molecule has 2 aliphatic rings. The van der Waals surface area contributed by atoms with Gasteiger partial charge in [0.1, 0.15) is 5.75 Å². The summed E-state index contributed by atoms with van der Waals surface area (Å²) in [5, 5.41) is 3.54. The highest BCUT2D eigenvalue weighted by Crippen LogP contribution is 2.39. The lowest BCUT2D eigenvalue weighted by Crippen LogP contribution is -2.49. The number of hydrogen-bond donors (Lipinski definition) is 1. The standard InChI is InChI=1S/C15H21NO2/c1-17-13-6-4-5-12(9-13)14-10-16-11-15(18-14)7-2-3-8-15/h4-6,9,14,16H,2-3,7-8,10-11H2,1H3. The molecule has 98 valence electrons. The van der Waals surface area contributed by atoms with Crippen molar-refractivity contribution < 1.29 is 9.47 Å². The van der Waals surface area contributed by atoms with E-state index in [1.54, 1.807) is 7.11 Å². The number of benzene rings is 1. The molecule has 3 nitrogen and oxygen atoms in total. The van der Waals surface area contributed by atoms with Gasteiger partial charge in [-0.05, 0) is 30.5 Å². The second-order valence-corrected chi connectivity index (χ2v) is 5.40. The zero-order chi connectivity index (χ0) is 12.4. The Morgan fingerprint density at radius 2 is 2.17 bits per heavy atom. The molecule has 1 spiro atoms. The van der Waals surface area contributed by atoms with E-state index >= 15 is 0 Å². The predicted molar refractivity (Wildman–Crippen MR) is 70.9 cm³/mol. The fraction of sp³-hybridized carbons (Fsp3) is 0.600. The molecule has 1 atom stereocenters. The predicted octanol–water partition coefficient (Wildman–Crippen LogP) is 2.67. The molecule has 1 aromatic carbocycles. The minimum absolute atomic E-state index is 0.0893. The Balaban J connectivity index is 1.78. The lowest BCUT2D eigenvalue weighted by Gasteiger charge is -2.39. The van der Waals surface area contributed by atoms with E-state index in [-0.39, 0.29) is 11.7 Å². The van der Waals surface area contributed by atoms with E-state index in [9.17, 15) is 0 Å². The Kier molecular flexibility index (Phi) is 3.27. The van der Waals surface area contributed by atoms with Gasteiger partial charge >= 0.3 is 0 Å². The monoisotopic (exact) mass is 247 g/mol. The first-order chi connectivity index (χ1) is 8.81. The molecule has 1 aliphatic heterocycles. The van der Waals surface area contributed by atoms with Crippen LogP contribution in [0.1, 0.15) is 37.4 Å². The largest absolute Gasteiger partial charge is 0.497 e. The van der Waals surface area contributed by atoms with E-state index in [4.69, 9.17) is 9.47 Å². The second kappa shape index (κ2) is 4.90. The van der Waals surface area contributed by atoms with Crippen molar-refractivity contribution in [3.63, 3.8) is 0 Å². The van der Waals surface area contributed by atoms with E-state index in [2.05, 4.69) is 17.4 Å². The van der Waals surface area contributed by atoms with Crippen LogP contribution in [0, 0.1) is 0 Å². The van der Waals surface area contributed by atoms with Gasteiger partial charge in [-0.25, -0.2) is 0 Å². The summed E-state index contributed by atoms with van der Waals surface area (Å²) in [5.74, 6) is 0.905. The summed E-state index contributed by atoms with van der Waals surface area (Å²) in [6.07, 6.45) is 5.15. The Morgan fingerprint density at radius 1 is 1.33 bits per heavy atom. The average molecular weight is 247 g/mol. The highest BCUT2D eigenvalue weighted by molar-refractivity contribution is 5.30. The Bertz CT molecular complexity index is 413. The molecule has 1 unspecified atom stereocenters. The van der Waals surface area contributed by atoms with Crippen LogP contribution in [-0.2, 0) is 4.74 Å². The Labute approximate surface area is 108 Å². The van der Waals surface area contributed by atoms with Gasteiger partial charge in [0, 0.05) is 13.1 Å². The third-order valence-electron chi connectivity index (χ3n) is 4.15. The summed E-state index contributed by atoms with van der Waals surface area (Å²) in [7, 11) is 1.71. The molecule has 0 radical (unpaired) electrons. The molecule has 1 heterocycles. The fourth-order valence-electron chi connectivity index (χ4n) is 3.16. The van der Waals surface area contributed by atoms with Crippen LogP contribution >= 0.6 is 0 Å². The third-order valence-corrected chi connectivity index (χ3v) is 4.15. The van der Waals surface area contributed by atoms with Crippen LogP contribution < -0.4 is 10.1 Å². The normalized spacial score (nSPS) is 26.4. The number of nitrogens with one attached hydrogen (secondary N) is 1.